The lowest BCUT2D eigenvalue weighted by Gasteiger charge is -2.22. The van der Waals surface area contributed by atoms with E-state index in [0.717, 1.165) is 11.6 Å². The second-order valence-corrected chi connectivity index (χ2v) is 5.48. The Labute approximate surface area is 108 Å². The third-order valence-electron chi connectivity index (χ3n) is 4.02. The number of nitrogens with one attached hydrogen (secondary N) is 1. The van der Waals surface area contributed by atoms with Crippen molar-refractivity contribution in [2.45, 2.75) is 26.2 Å². The average Bonchev–Trinajstić information content (AvgIpc) is 2.66. The molecule has 0 amide bonds. The zero-order chi connectivity index (χ0) is 12.5. The molecule has 2 aromatic rings. The monoisotopic (exact) mass is 243 g/mol. The summed E-state index contributed by atoms with van der Waals surface area (Å²) in [5.41, 5.74) is 3.83. The van der Waals surface area contributed by atoms with Gasteiger partial charge in [-0.05, 0) is 56.8 Å². The topological polar surface area (TPSA) is 29.9 Å². The van der Waals surface area contributed by atoms with E-state index in [1.54, 1.807) is 0 Å². The first-order valence-electron chi connectivity index (χ1n) is 6.87. The molecule has 1 aliphatic heterocycles. The van der Waals surface area contributed by atoms with Crippen LogP contribution in [-0.2, 0) is 13.5 Å². The Morgan fingerprint density at radius 2 is 2.33 bits per heavy atom. The van der Waals surface area contributed by atoms with Crippen LogP contribution in [0, 0.1) is 12.8 Å². The standard InChI is InChI=1S/C15H21N3/c1-11-14-6-5-12(9-15(14)18(2)17-11)8-13-4-3-7-16-10-13/h5-6,9,13,16H,3-4,7-8,10H2,1-2H3. The van der Waals surface area contributed by atoms with Gasteiger partial charge in [-0.15, -0.1) is 0 Å². The zero-order valence-corrected chi connectivity index (χ0v) is 11.2. The maximum Gasteiger partial charge on any atom is 0.0684 e. The Hall–Kier alpha value is -1.35. The van der Waals surface area contributed by atoms with Gasteiger partial charge in [0.15, 0.2) is 0 Å². The lowest BCUT2D eigenvalue weighted by Crippen LogP contribution is -2.30. The molecule has 2 heterocycles. The Bertz CT molecular complexity index is 550. The third kappa shape index (κ3) is 2.15. The minimum absolute atomic E-state index is 0.797. The van der Waals surface area contributed by atoms with Crippen LogP contribution in [-0.4, -0.2) is 22.9 Å². The molecule has 3 rings (SSSR count). The maximum absolute atomic E-state index is 4.48. The summed E-state index contributed by atoms with van der Waals surface area (Å²) < 4.78 is 1.99. The number of aryl methyl sites for hydroxylation is 2. The number of nitrogens with zero attached hydrogens (tertiary/aromatic N) is 2. The highest BCUT2D eigenvalue weighted by molar-refractivity contribution is 5.82. The number of hydrogen-bond acceptors (Lipinski definition) is 2. The number of aromatic nitrogens is 2. The molecule has 96 valence electrons. The van der Waals surface area contributed by atoms with Crippen LogP contribution in [0.5, 0.6) is 0 Å². The van der Waals surface area contributed by atoms with E-state index in [9.17, 15) is 0 Å². The summed E-state index contributed by atoms with van der Waals surface area (Å²) in [6, 6.07) is 6.80. The smallest absolute Gasteiger partial charge is 0.0684 e. The van der Waals surface area contributed by atoms with Crippen molar-refractivity contribution in [3.8, 4) is 0 Å². The van der Waals surface area contributed by atoms with Crippen molar-refractivity contribution in [1.82, 2.24) is 15.1 Å². The van der Waals surface area contributed by atoms with Gasteiger partial charge in [-0.25, -0.2) is 0 Å². The van der Waals surface area contributed by atoms with Crippen molar-refractivity contribution in [2.24, 2.45) is 13.0 Å². The molecule has 1 fully saturated rings. The largest absolute Gasteiger partial charge is 0.316 e. The molecule has 1 aromatic heterocycles. The molecule has 1 aromatic carbocycles. The van der Waals surface area contributed by atoms with Crippen LogP contribution >= 0.6 is 0 Å². The molecule has 0 saturated carbocycles. The van der Waals surface area contributed by atoms with Crippen LogP contribution in [0.15, 0.2) is 18.2 Å². The molecule has 1 unspecified atom stereocenters. The van der Waals surface area contributed by atoms with Crippen molar-refractivity contribution in [3.05, 3.63) is 29.5 Å². The van der Waals surface area contributed by atoms with Crippen LogP contribution in [0.4, 0.5) is 0 Å². The molecule has 1 aliphatic rings. The summed E-state index contributed by atoms with van der Waals surface area (Å²) in [5, 5.41) is 9.25. The van der Waals surface area contributed by atoms with Gasteiger partial charge in [0.05, 0.1) is 11.2 Å². The van der Waals surface area contributed by atoms with Gasteiger partial charge >= 0.3 is 0 Å². The van der Waals surface area contributed by atoms with Crippen LogP contribution in [0.1, 0.15) is 24.1 Å². The third-order valence-corrected chi connectivity index (χ3v) is 4.02. The summed E-state index contributed by atoms with van der Waals surface area (Å²) >= 11 is 0. The van der Waals surface area contributed by atoms with Gasteiger partial charge in [0.25, 0.3) is 0 Å². The summed E-state index contributed by atoms with van der Waals surface area (Å²) in [7, 11) is 2.03. The number of benzene rings is 1. The fourth-order valence-corrected chi connectivity index (χ4v) is 3.04. The second-order valence-electron chi connectivity index (χ2n) is 5.48. The molecule has 3 nitrogen and oxygen atoms in total. The van der Waals surface area contributed by atoms with Crippen LogP contribution in [0.25, 0.3) is 10.9 Å². The number of fused-ring (bicyclic) bond motifs is 1. The van der Waals surface area contributed by atoms with E-state index in [2.05, 4.69) is 35.5 Å². The fourth-order valence-electron chi connectivity index (χ4n) is 3.04. The molecule has 1 saturated heterocycles. The predicted octanol–water partition coefficient (Wildman–Crippen LogP) is 2.42. The minimum atomic E-state index is 0.797. The van der Waals surface area contributed by atoms with Gasteiger partial charge in [-0.3, -0.25) is 4.68 Å². The van der Waals surface area contributed by atoms with E-state index < -0.39 is 0 Å². The molecule has 1 N–H and O–H groups in total. The first-order chi connectivity index (χ1) is 8.74. The molecule has 18 heavy (non-hydrogen) atoms. The Balaban J connectivity index is 1.86. The van der Waals surface area contributed by atoms with Crippen molar-refractivity contribution < 1.29 is 0 Å². The molecule has 0 aliphatic carbocycles. The van der Waals surface area contributed by atoms with E-state index >= 15 is 0 Å². The van der Waals surface area contributed by atoms with Gasteiger partial charge < -0.3 is 5.32 Å². The van der Waals surface area contributed by atoms with Crippen molar-refractivity contribution >= 4 is 10.9 Å². The average molecular weight is 243 g/mol. The molecule has 0 radical (unpaired) electrons. The van der Waals surface area contributed by atoms with Crippen LogP contribution in [0.3, 0.4) is 0 Å². The van der Waals surface area contributed by atoms with E-state index in [4.69, 9.17) is 0 Å². The lowest BCUT2D eigenvalue weighted by molar-refractivity contribution is 0.376. The van der Waals surface area contributed by atoms with Crippen LogP contribution < -0.4 is 5.32 Å². The molecule has 0 bridgehead atoms. The normalized spacial score (nSPS) is 20.4. The lowest BCUT2D eigenvalue weighted by atomic mass is 9.92. The second kappa shape index (κ2) is 4.73. The number of rotatable bonds is 2. The Kier molecular flexibility index (Phi) is 3.08. The fraction of sp³-hybridized carbons (Fsp3) is 0.533. The summed E-state index contributed by atoms with van der Waals surface area (Å²) in [4.78, 5) is 0. The first-order valence-corrected chi connectivity index (χ1v) is 6.87. The molecular weight excluding hydrogens is 222 g/mol. The van der Waals surface area contributed by atoms with E-state index in [1.807, 2.05) is 11.7 Å². The molecule has 1 atom stereocenters. The van der Waals surface area contributed by atoms with Gasteiger partial charge in [0, 0.05) is 12.4 Å². The van der Waals surface area contributed by atoms with Gasteiger partial charge in [0.2, 0.25) is 0 Å². The molecule has 3 heteroatoms. The van der Waals surface area contributed by atoms with Crippen LogP contribution in [0.2, 0.25) is 0 Å². The van der Waals surface area contributed by atoms with Gasteiger partial charge in [-0.1, -0.05) is 12.1 Å². The Morgan fingerprint density at radius 1 is 1.44 bits per heavy atom. The maximum atomic E-state index is 4.48. The quantitative estimate of drug-likeness (QED) is 0.878. The highest BCUT2D eigenvalue weighted by Gasteiger charge is 2.14. The molecule has 0 spiro atoms. The number of hydrogen-bond donors (Lipinski definition) is 1. The minimum Gasteiger partial charge on any atom is -0.316 e. The predicted molar refractivity (Wildman–Crippen MR) is 74.7 cm³/mol. The highest BCUT2D eigenvalue weighted by Crippen LogP contribution is 2.22. The van der Waals surface area contributed by atoms with Gasteiger partial charge in [-0.2, -0.15) is 5.10 Å². The molecular formula is C15H21N3. The van der Waals surface area contributed by atoms with E-state index in [0.29, 0.717) is 0 Å². The SMILES string of the molecule is Cc1nn(C)c2cc(CC3CCCNC3)ccc12. The summed E-state index contributed by atoms with van der Waals surface area (Å²) in [6.07, 6.45) is 3.86. The number of piperidine rings is 1. The van der Waals surface area contributed by atoms with Crippen molar-refractivity contribution in [3.63, 3.8) is 0 Å². The highest BCUT2D eigenvalue weighted by atomic mass is 15.3. The van der Waals surface area contributed by atoms with E-state index in [-0.39, 0.29) is 0 Å². The summed E-state index contributed by atoms with van der Waals surface area (Å²) in [6.45, 7) is 4.44. The van der Waals surface area contributed by atoms with Gasteiger partial charge in [0.1, 0.15) is 0 Å². The Morgan fingerprint density at radius 3 is 3.11 bits per heavy atom. The van der Waals surface area contributed by atoms with Crippen molar-refractivity contribution in [1.29, 1.82) is 0 Å². The first kappa shape index (κ1) is 11.7. The van der Waals surface area contributed by atoms with E-state index in [1.165, 1.54) is 48.8 Å². The summed E-state index contributed by atoms with van der Waals surface area (Å²) in [5.74, 6) is 0.797. The van der Waals surface area contributed by atoms with Crippen molar-refractivity contribution in [2.75, 3.05) is 13.1 Å². The zero-order valence-electron chi connectivity index (χ0n) is 11.2.